The number of carbonyl (C=O) groups excluding carboxylic acids is 1. The van der Waals surface area contributed by atoms with Gasteiger partial charge in [-0.1, -0.05) is 6.92 Å². The molecule has 0 aliphatic carbocycles. The first-order chi connectivity index (χ1) is 11.0. The Hall–Kier alpha value is -2.43. The molecule has 1 atom stereocenters. The van der Waals surface area contributed by atoms with Gasteiger partial charge in [0.2, 0.25) is 0 Å². The highest BCUT2D eigenvalue weighted by Crippen LogP contribution is 2.25. The number of rotatable bonds is 3. The number of hydrogen-bond donors (Lipinski definition) is 1. The third-order valence-corrected chi connectivity index (χ3v) is 4.09. The Labute approximate surface area is 133 Å². The molecule has 0 aromatic heterocycles. The second-order valence-corrected chi connectivity index (χ2v) is 5.97. The molecule has 1 fully saturated rings. The van der Waals surface area contributed by atoms with Gasteiger partial charge in [0, 0.05) is 24.5 Å². The summed E-state index contributed by atoms with van der Waals surface area (Å²) in [7, 11) is 0. The van der Waals surface area contributed by atoms with E-state index in [1.165, 1.54) is 6.42 Å². The Kier molecular flexibility index (Phi) is 4.28. The Morgan fingerprint density at radius 3 is 2.57 bits per heavy atom. The molecule has 2 aromatic carbocycles. The third kappa shape index (κ3) is 3.50. The van der Waals surface area contributed by atoms with Gasteiger partial charge in [-0.05, 0) is 54.8 Å². The fraction of sp³-hybridized carbons (Fsp3) is 0.278. The Morgan fingerprint density at radius 1 is 1.17 bits per heavy atom. The summed E-state index contributed by atoms with van der Waals surface area (Å²) in [5.74, 6) is -1.36. The van der Waals surface area contributed by atoms with E-state index in [1.807, 2.05) is 12.1 Å². The molecule has 120 valence electrons. The van der Waals surface area contributed by atoms with Gasteiger partial charge in [0.1, 0.15) is 11.6 Å². The molecule has 1 unspecified atom stereocenters. The van der Waals surface area contributed by atoms with Crippen LogP contribution in [-0.2, 0) is 0 Å². The van der Waals surface area contributed by atoms with Crippen LogP contribution in [0.1, 0.15) is 23.7 Å². The van der Waals surface area contributed by atoms with Crippen LogP contribution in [0.3, 0.4) is 0 Å². The smallest absolute Gasteiger partial charge is 0.258 e. The monoisotopic (exact) mass is 316 g/mol. The van der Waals surface area contributed by atoms with Crippen LogP contribution in [0.25, 0.3) is 0 Å². The van der Waals surface area contributed by atoms with E-state index in [1.54, 1.807) is 12.1 Å². The van der Waals surface area contributed by atoms with E-state index in [4.69, 9.17) is 0 Å². The standard InChI is InChI=1S/C18H18F2N2O/c1-12-8-9-22(11-12)15-5-3-14(4-6-15)21-18(23)16-10-13(19)2-7-17(16)20/h2-7,10,12H,8-9,11H2,1H3,(H,21,23). The summed E-state index contributed by atoms with van der Waals surface area (Å²) in [5.41, 5.74) is 1.35. The second-order valence-electron chi connectivity index (χ2n) is 5.97. The molecule has 23 heavy (non-hydrogen) atoms. The number of benzene rings is 2. The molecule has 3 nitrogen and oxygen atoms in total. The molecule has 0 radical (unpaired) electrons. The number of anilines is 2. The van der Waals surface area contributed by atoms with Crippen molar-refractivity contribution in [2.24, 2.45) is 5.92 Å². The first-order valence-corrected chi connectivity index (χ1v) is 7.64. The Bertz CT molecular complexity index is 715. The Balaban J connectivity index is 1.70. The third-order valence-electron chi connectivity index (χ3n) is 4.09. The van der Waals surface area contributed by atoms with E-state index in [0.717, 1.165) is 37.0 Å². The molecule has 5 heteroatoms. The number of amides is 1. The molecule has 1 N–H and O–H groups in total. The van der Waals surface area contributed by atoms with Crippen LogP contribution in [0.2, 0.25) is 0 Å². The van der Waals surface area contributed by atoms with Gasteiger partial charge in [0.25, 0.3) is 5.91 Å². The minimum atomic E-state index is -0.744. The largest absolute Gasteiger partial charge is 0.371 e. The normalized spacial score (nSPS) is 17.3. The van der Waals surface area contributed by atoms with Crippen molar-refractivity contribution in [1.82, 2.24) is 0 Å². The predicted molar refractivity (Wildman–Crippen MR) is 86.7 cm³/mol. The summed E-state index contributed by atoms with van der Waals surface area (Å²) >= 11 is 0. The lowest BCUT2D eigenvalue weighted by Gasteiger charge is -2.18. The summed E-state index contributed by atoms with van der Waals surface area (Å²) in [4.78, 5) is 14.3. The topological polar surface area (TPSA) is 32.3 Å². The zero-order chi connectivity index (χ0) is 16.4. The Morgan fingerprint density at radius 2 is 1.91 bits per heavy atom. The molecule has 0 saturated carbocycles. The van der Waals surface area contributed by atoms with Gasteiger partial charge in [-0.15, -0.1) is 0 Å². The summed E-state index contributed by atoms with van der Waals surface area (Å²) in [6.45, 7) is 4.28. The average Bonchev–Trinajstić information content (AvgIpc) is 2.97. The van der Waals surface area contributed by atoms with Gasteiger partial charge >= 0.3 is 0 Å². The second kappa shape index (κ2) is 6.36. The first kappa shape index (κ1) is 15.5. The van der Waals surface area contributed by atoms with Crippen molar-refractivity contribution in [2.75, 3.05) is 23.3 Å². The molecule has 1 amide bonds. The zero-order valence-electron chi connectivity index (χ0n) is 12.9. The predicted octanol–water partition coefficient (Wildman–Crippen LogP) is 4.06. The van der Waals surface area contributed by atoms with E-state index >= 15 is 0 Å². The maximum Gasteiger partial charge on any atom is 0.258 e. The number of carbonyl (C=O) groups is 1. The number of hydrogen-bond acceptors (Lipinski definition) is 2. The zero-order valence-corrected chi connectivity index (χ0v) is 12.9. The van der Waals surface area contributed by atoms with Crippen molar-refractivity contribution < 1.29 is 13.6 Å². The van der Waals surface area contributed by atoms with Gasteiger partial charge in [0.05, 0.1) is 5.56 Å². The maximum atomic E-state index is 13.6. The van der Waals surface area contributed by atoms with Crippen molar-refractivity contribution in [3.63, 3.8) is 0 Å². The van der Waals surface area contributed by atoms with Crippen molar-refractivity contribution in [2.45, 2.75) is 13.3 Å². The average molecular weight is 316 g/mol. The molecule has 1 aliphatic heterocycles. The van der Waals surface area contributed by atoms with Gasteiger partial charge in [-0.25, -0.2) is 8.78 Å². The van der Waals surface area contributed by atoms with Crippen LogP contribution >= 0.6 is 0 Å². The van der Waals surface area contributed by atoms with Crippen molar-refractivity contribution in [3.05, 3.63) is 59.7 Å². The molecular formula is C18H18F2N2O. The highest BCUT2D eigenvalue weighted by molar-refractivity contribution is 6.04. The summed E-state index contributed by atoms with van der Waals surface area (Å²) < 4.78 is 26.7. The van der Waals surface area contributed by atoms with E-state index in [2.05, 4.69) is 17.1 Å². The molecular weight excluding hydrogens is 298 g/mol. The van der Waals surface area contributed by atoms with Crippen molar-refractivity contribution in [1.29, 1.82) is 0 Å². The number of nitrogens with zero attached hydrogens (tertiary/aromatic N) is 1. The van der Waals surface area contributed by atoms with Crippen LogP contribution in [0, 0.1) is 17.6 Å². The van der Waals surface area contributed by atoms with Crippen LogP contribution in [0.5, 0.6) is 0 Å². The lowest BCUT2D eigenvalue weighted by Crippen LogP contribution is -2.19. The molecule has 0 spiro atoms. The first-order valence-electron chi connectivity index (χ1n) is 7.64. The SMILES string of the molecule is CC1CCN(c2ccc(NC(=O)c3cc(F)ccc3F)cc2)C1. The van der Waals surface area contributed by atoms with Gasteiger partial charge in [0.15, 0.2) is 0 Å². The molecule has 2 aromatic rings. The van der Waals surface area contributed by atoms with Crippen molar-refractivity contribution >= 4 is 17.3 Å². The lowest BCUT2D eigenvalue weighted by molar-refractivity contribution is 0.102. The minimum absolute atomic E-state index is 0.303. The highest BCUT2D eigenvalue weighted by Gasteiger charge is 2.19. The molecule has 1 aliphatic rings. The molecule has 0 bridgehead atoms. The maximum absolute atomic E-state index is 13.6. The quantitative estimate of drug-likeness (QED) is 0.926. The fourth-order valence-electron chi connectivity index (χ4n) is 2.80. The fourth-order valence-corrected chi connectivity index (χ4v) is 2.80. The van der Waals surface area contributed by atoms with Crippen LogP contribution in [0.15, 0.2) is 42.5 Å². The van der Waals surface area contributed by atoms with Crippen molar-refractivity contribution in [3.8, 4) is 0 Å². The highest BCUT2D eigenvalue weighted by atomic mass is 19.1. The van der Waals surface area contributed by atoms with Crippen LogP contribution < -0.4 is 10.2 Å². The lowest BCUT2D eigenvalue weighted by atomic mass is 10.2. The van der Waals surface area contributed by atoms with Crippen LogP contribution in [0.4, 0.5) is 20.2 Å². The van der Waals surface area contributed by atoms with E-state index in [-0.39, 0.29) is 5.56 Å². The van der Waals surface area contributed by atoms with E-state index in [0.29, 0.717) is 11.6 Å². The van der Waals surface area contributed by atoms with E-state index in [9.17, 15) is 13.6 Å². The number of halogens is 2. The van der Waals surface area contributed by atoms with Gasteiger partial charge in [-0.3, -0.25) is 4.79 Å². The summed E-state index contributed by atoms with van der Waals surface area (Å²) in [6, 6.07) is 10.2. The summed E-state index contributed by atoms with van der Waals surface area (Å²) in [5, 5.41) is 2.59. The van der Waals surface area contributed by atoms with Crippen LogP contribution in [-0.4, -0.2) is 19.0 Å². The van der Waals surface area contributed by atoms with Gasteiger partial charge in [-0.2, -0.15) is 0 Å². The van der Waals surface area contributed by atoms with E-state index < -0.39 is 17.5 Å². The minimum Gasteiger partial charge on any atom is -0.371 e. The number of nitrogens with one attached hydrogen (secondary N) is 1. The van der Waals surface area contributed by atoms with Gasteiger partial charge < -0.3 is 10.2 Å². The molecule has 3 rings (SSSR count). The summed E-state index contributed by atoms with van der Waals surface area (Å²) in [6.07, 6.45) is 1.18. The molecule has 1 saturated heterocycles. The molecule has 1 heterocycles.